The SMILES string of the molecule is CC/C=C/CCCOc1ccc(C2CCC(C(F)=C(F)F)CC2)cc1. The minimum absolute atomic E-state index is 0.319. The summed E-state index contributed by atoms with van der Waals surface area (Å²) in [4.78, 5) is 0. The molecule has 0 N–H and O–H groups in total. The number of rotatable bonds is 8. The molecule has 1 aliphatic carbocycles. The summed E-state index contributed by atoms with van der Waals surface area (Å²) in [5, 5.41) is 0. The highest BCUT2D eigenvalue weighted by atomic mass is 19.3. The zero-order valence-electron chi connectivity index (χ0n) is 14.8. The molecule has 0 unspecified atom stereocenters. The fourth-order valence-corrected chi connectivity index (χ4v) is 3.35. The van der Waals surface area contributed by atoms with Crippen molar-refractivity contribution in [2.45, 2.75) is 57.8 Å². The van der Waals surface area contributed by atoms with Crippen molar-refractivity contribution in [1.82, 2.24) is 0 Å². The first kappa shape index (κ1) is 19.6. The van der Waals surface area contributed by atoms with Crippen LogP contribution < -0.4 is 4.74 Å². The molecule has 1 nitrogen and oxygen atoms in total. The minimum Gasteiger partial charge on any atom is -0.494 e. The number of ether oxygens (including phenoxy) is 1. The molecule has 1 aromatic carbocycles. The third-order valence-corrected chi connectivity index (χ3v) is 4.80. The van der Waals surface area contributed by atoms with Gasteiger partial charge in [-0.05, 0) is 68.6 Å². The first-order valence-electron chi connectivity index (χ1n) is 9.20. The highest BCUT2D eigenvalue weighted by molar-refractivity contribution is 5.29. The monoisotopic (exact) mass is 352 g/mol. The summed E-state index contributed by atoms with van der Waals surface area (Å²) in [6.07, 6.45) is 7.72. The van der Waals surface area contributed by atoms with Crippen LogP contribution >= 0.6 is 0 Å². The molecule has 0 bridgehead atoms. The van der Waals surface area contributed by atoms with Crippen LogP contribution in [0.1, 0.15) is 63.4 Å². The number of halogens is 3. The Morgan fingerprint density at radius 2 is 1.72 bits per heavy atom. The molecule has 0 heterocycles. The summed E-state index contributed by atoms with van der Waals surface area (Å²) in [5.41, 5.74) is 1.18. The summed E-state index contributed by atoms with van der Waals surface area (Å²) in [6, 6.07) is 8.01. The maximum absolute atomic E-state index is 13.3. The van der Waals surface area contributed by atoms with Crippen LogP contribution in [0.15, 0.2) is 48.3 Å². The Hall–Kier alpha value is -1.71. The third kappa shape index (κ3) is 6.26. The fraction of sp³-hybridized carbons (Fsp3) is 0.524. The maximum Gasteiger partial charge on any atom is 0.301 e. The summed E-state index contributed by atoms with van der Waals surface area (Å²) in [5.74, 6) is -0.646. The molecule has 0 aromatic heterocycles. The predicted molar refractivity (Wildman–Crippen MR) is 95.7 cm³/mol. The second-order valence-corrected chi connectivity index (χ2v) is 6.60. The summed E-state index contributed by atoms with van der Waals surface area (Å²) in [6.45, 7) is 2.81. The van der Waals surface area contributed by atoms with Gasteiger partial charge in [-0.3, -0.25) is 0 Å². The molecular formula is C21H27F3O. The van der Waals surface area contributed by atoms with Gasteiger partial charge in [-0.15, -0.1) is 0 Å². The summed E-state index contributed by atoms with van der Waals surface area (Å²) in [7, 11) is 0. The van der Waals surface area contributed by atoms with Crippen LogP contribution in [0.4, 0.5) is 13.2 Å². The highest BCUT2D eigenvalue weighted by Gasteiger charge is 2.27. The summed E-state index contributed by atoms with van der Waals surface area (Å²) < 4.78 is 43.8. The lowest BCUT2D eigenvalue weighted by Crippen LogP contribution is -2.14. The molecule has 2 rings (SSSR count). The lowest BCUT2D eigenvalue weighted by molar-refractivity contribution is 0.281. The molecule has 1 fully saturated rings. The van der Waals surface area contributed by atoms with E-state index in [9.17, 15) is 13.2 Å². The van der Waals surface area contributed by atoms with Gasteiger partial charge in [0.05, 0.1) is 6.61 Å². The Morgan fingerprint density at radius 3 is 2.32 bits per heavy atom. The van der Waals surface area contributed by atoms with E-state index in [1.165, 1.54) is 5.56 Å². The Balaban J connectivity index is 1.77. The standard InChI is InChI=1S/C21H27F3O/c1-2-3-4-5-6-15-25-19-13-11-17(12-14-19)16-7-9-18(10-8-16)20(22)21(23)24/h3-4,11-14,16,18H,2,5-10,15H2,1H3/b4-3+. The number of hydrogen-bond acceptors (Lipinski definition) is 1. The van der Waals surface area contributed by atoms with Crippen molar-refractivity contribution in [3.8, 4) is 5.75 Å². The quantitative estimate of drug-likeness (QED) is 0.356. The molecular weight excluding hydrogens is 325 g/mol. The van der Waals surface area contributed by atoms with Gasteiger partial charge in [0.1, 0.15) is 5.75 Å². The van der Waals surface area contributed by atoms with Gasteiger partial charge in [-0.2, -0.15) is 8.78 Å². The zero-order valence-corrected chi connectivity index (χ0v) is 14.8. The lowest BCUT2D eigenvalue weighted by atomic mass is 9.78. The maximum atomic E-state index is 13.3. The van der Waals surface area contributed by atoms with Gasteiger partial charge in [0, 0.05) is 5.92 Å². The molecule has 0 saturated heterocycles. The van der Waals surface area contributed by atoms with Crippen molar-refractivity contribution >= 4 is 0 Å². The molecule has 0 atom stereocenters. The van der Waals surface area contributed by atoms with Crippen LogP contribution in [-0.2, 0) is 0 Å². The van der Waals surface area contributed by atoms with E-state index >= 15 is 0 Å². The molecule has 0 amide bonds. The smallest absolute Gasteiger partial charge is 0.301 e. The topological polar surface area (TPSA) is 9.23 Å². The Morgan fingerprint density at radius 1 is 1.04 bits per heavy atom. The van der Waals surface area contributed by atoms with Gasteiger partial charge in [-0.1, -0.05) is 31.2 Å². The molecule has 138 valence electrons. The van der Waals surface area contributed by atoms with Crippen LogP contribution in [0.3, 0.4) is 0 Å². The highest BCUT2D eigenvalue weighted by Crippen LogP contribution is 2.40. The van der Waals surface area contributed by atoms with E-state index < -0.39 is 17.8 Å². The van der Waals surface area contributed by atoms with Crippen molar-refractivity contribution in [2.24, 2.45) is 5.92 Å². The molecule has 25 heavy (non-hydrogen) atoms. The van der Waals surface area contributed by atoms with Gasteiger partial charge >= 0.3 is 6.08 Å². The van der Waals surface area contributed by atoms with E-state index in [4.69, 9.17) is 4.74 Å². The zero-order chi connectivity index (χ0) is 18.1. The van der Waals surface area contributed by atoms with Gasteiger partial charge in [0.2, 0.25) is 0 Å². The van der Waals surface area contributed by atoms with Crippen molar-refractivity contribution < 1.29 is 17.9 Å². The van der Waals surface area contributed by atoms with E-state index in [0.29, 0.717) is 25.4 Å². The van der Waals surface area contributed by atoms with Crippen LogP contribution in [0.25, 0.3) is 0 Å². The number of unbranched alkanes of at least 4 members (excludes halogenated alkanes) is 1. The van der Waals surface area contributed by atoms with Crippen LogP contribution in [-0.4, -0.2) is 6.61 Å². The van der Waals surface area contributed by atoms with Crippen molar-refractivity contribution in [1.29, 1.82) is 0 Å². The fourth-order valence-electron chi connectivity index (χ4n) is 3.35. The average Bonchev–Trinajstić information content (AvgIpc) is 2.64. The van der Waals surface area contributed by atoms with Crippen molar-refractivity contribution in [3.63, 3.8) is 0 Å². The molecule has 0 radical (unpaired) electrons. The minimum atomic E-state index is -2.16. The second kappa shape index (κ2) is 10.3. The number of hydrogen-bond donors (Lipinski definition) is 0. The molecule has 1 saturated carbocycles. The van der Waals surface area contributed by atoms with Gasteiger partial charge in [-0.25, -0.2) is 4.39 Å². The number of benzene rings is 1. The van der Waals surface area contributed by atoms with Crippen LogP contribution in [0.2, 0.25) is 0 Å². The van der Waals surface area contributed by atoms with E-state index in [2.05, 4.69) is 19.1 Å². The third-order valence-electron chi connectivity index (χ3n) is 4.80. The predicted octanol–water partition coefficient (Wildman–Crippen LogP) is 7.16. The Bertz CT molecular complexity index is 565. The van der Waals surface area contributed by atoms with E-state index in [1.807, 2.05) is 24.3 Å². The van der Waals surface area contributed by atoms with E-state index in [-0.39, 0.29) is 0 Å². The molecule has 1 aliphatic rings. The largest absolute Gasteiger partial charge is 0.494 e. The number of allylic oxidation sites excluding steroid dienone is 3. The van der Waals surface area contributed by atoms with E-state index in [1.54, 1.807) is 0 Å². The van der Waals surface area contributed by atoms with E-state index in [0.717, 1.165) is 37.9 Å². The second-order valence-electron chi connectivity index (χ2n) is 6.60. The normalized spacial score (nSPS) is 20.6. The van der Waals surface area contributed by atoms with Crippen molar-refractivity contribution in [3.05, 3.63) is 53.9 Å². The van der Waals surface area contributed by atoms with Crippen LogP contribution in [0, 0.1) is 5.92 Å². The molecule has 1 aromatic rings. The van der Waals surface area contributed by atoms with Crippen LogP contribution in [0.5, 0.6) is 5.75 Å². The first-order valence-corrected chi connectivity index (χ1v) is 9.20. The molecule has 0 aliphatic heterocycles. The first-order chi connectivity index (χ1) is 12.1. The van der Waals surface area contributed by atoms with Gasteiger partial charge < -0.3 is 4.74 Å². The van der Waals surface area contributed by atoms with Crippen molar-refractivity contribution in [2.75, 3.05) is 6.61 Å². The Kier molecular flexibility index (Phi) is 8.10. The van der Waals surface area contributed by atoms with Gasteiger partial charge in [0.15, 0.2) is 5.83 Å². The van der Waals surface area contributed by atoms with Gasteiger partial charge in [0.25, 0.3) is 0 Å². The molecule has 0 spiro atoms. The Labute approximate surface area is 148 Å². The average molecular weight is 352 g/mol. The lowest BCUT2D eigenvalue weighted by Gasteiger charge is -2.27. The molecule has 4 heteroatoms. The summed E-state index contributed by atoms with van der Waals surface area (Å²) >= 11 is 0.